The molecule has 1 unspecified atom stereocenters. The van der Waals surface area contributed by atoms with Crippen LogP contribution in [0.15, 0.2) is 22.5 Å². The van der Waals surface area contributed by atoms with Crippen molar-refractivity contribution in [3.05, 3.63) is 22.4 Å². The minimum atomic E-state index is 0. The molecule has 1 aliphatic rings. The normalized spacial score (nSPS) is 18.4. The number of hydrogen-bond donors (Lipinski definition) is 2. The SMILES string of the molecule is CN=C(NCCOCCC(C)C)NCC1CCCN(Cc2cccs2)C1.I. The zero-order chi connectivity index (χ0) is 18.6. The van der Waals surface area contributed by atoms with Gasteiger partial charge in [0.2, 0.25) is 0 Å². The summed E-state index contributed by atoms with van der Waals surface area (Å²) in [5.74, 6) is 2.27. The van der Waals surface area contributed by atoms with Crippen LogP contribution in [0.5, 0.6) is 0 Å². The summed E-state index contributed by atoms with van der Waals surface area (Å²) in [7, 11) is 1.83. The van der Waals surface area contributed by atoms with Crippen LogP contribution in [-0.2, 0) is 11.3 Å². The number of piperidine rings is 1. The van der Waals surface area contributed by atoms with E-state index < -0.39 is 0 Å². The molecule has 0 bridgehead atoms. The van der Waals surface area contributed by atoms with E-state index in [4.69, 9.17) is 4.74 Å². The maximum atomic E-state index is 5.65. The molecule has 0 saturated carbocycles. The van der Waals surface area contributed by atoms with Crippen LogP contribution in [0.2, 0.25) is 0 Å². The number of thiophene rings is 1. The second kappa shape index (κ2) is 14.6. The molecule has 0 amide bonds. The van der Waals surface area contributed by atoms with Gasteiger partial charge in [-0.3, -0.25) is 9.89 Å². The predicted octanol–water partition coefficient (Wildman–Crippen LogP) is 3.81. The Bertz CT molecular complexity index is 510. The summed E-state index contributed by atoms with van der Waals surface area (Å²) in [4.78, 5) is 8.38. The molecule has 0 aromatic carbocycles. The van der Waals surface area contributed by atoms with Gasteiger partial charge in [0.05, 0.1) is 6.61 Å². The Balaban J connectivity index is 0.00000364. The Kier molecular flexibility index (Phi) is 13.3. The van der Waals surface area contributed by atoms with Crippen molar-refractivity contribution in [3.63, 3.8) is 0 Å². The van der Waals surface area contributed by atoms with Gasteiger partial charge in [0.1, 0.15) is 0 Å². The number of rotatable bonds is 10. The van der Waals surface area contributed by atoms with Crippen LogP contribution in [0.3, 0.4) is 0 Å². The predicted molar refractivity (Wildman–Crippen MR) is 127 cm³/mol. The fraction of sp³-hybridized carbons (Fsp3) is 0.750. The van der Waals surface area contributed by atoms with Crippen LogP contribution >= 0.6 is 35.3 Å². The first kappa shape index (κ1) is 24.7. The van der Waals surface area contributed by atoms with Gasteiger partial charge in [-0.2, -0.15) is 0 Å². The van der Waals surface area contributed by atoms with Gasteiger partial charge >= 0.3 is 0 Å². The molecule has 156 valence electrons. The molecule has 1 aromatic rings. The fourth-order valence-electron chi connectivity index (χ4n) is 3.21. The zero-order valence-corrected chi connectivity index (χ0v) is 20.2. The second-order valence-electron chi connectivity index (χ2n) is 7.50. The summed E-state index contributed by atoms with van der Waals surface area (Å²) < 4.78 is 5.65. The summed E-state index contributed by atoms with van der Waals surface area (Å²) in [5, 5.41) is 9.00. The highest BCUT2D eigenvalue weighted by atomic mass is 127. The van der Waals surface area contributed by atoms with E-state index in [-0.39, 0.29) is 24.0 Å². The highest BCUT2D eigenvalue weighted by molar-refractivity contribution is 14.0. The molecule has 1 saturated heterocycles. The average molecular weight is 509 g/mol. The maximum Gasteiger partial charge on any atom is 0.191 e. The van der Waals surface area contributed by atoms with Crippen molar-refractivity contribution in [1.29, 1.82) is 0 Å². The molecular formula is C20H37IN4OS. The van der Waals surface area contributed by atoms with E-state index in [1.165, 1.54) is 30.8 Å². The lowest BCUT2D eigenvalue weighted by atomic mass is 9.98. The van der Waals surface area contributed by atoms with E-state index in [2.05, 4.69) is 51.9 Å². The standard InChI is InChI=1S/C20H36N4OS.HI/c1-17(2)8-11-25-12-9-22-20(21-3)23-14-18-6-4-10-24(15-18)16-19-7-5-13-26-19;/h5,7,13,17-18H,4,6,8-12,14-16H2,1-3H3,(H2,21,22,23);1H. The summed E-state index contributed by atoms with van der Waals surface area (Å²) in [6.45, 7) is 11.3. The molecule has 1 fully saturated rings. The zero-order valence-electron chi connectivity index (χ0n) is 17.1. The summed E-state index contributed by atoms with van der Waals surface area (Å²) in [6, 6.07) is 4.38. The monoisotopic (exact) mass is 508 g/mol. The molecule has 2 heterocycles. The van der Waals surface area contributed by atoms with Gasteiger partial charge in [0, 0.05) is 44.7 Å². The van der Waals surface area contributed by atoms with Crippen molar-refractivity contribution in [2.24, 2.45) is 16.8 Å². The van der Waals surface area contributed by atoms with E-state index in [0.29, 0.717) is 11.8 Å². The van der Waals surface area contributed by atoms with Crippen LogP contribution in [0, 0.1) is 11.8 Å². The van der Waals surface area contributed by atoms with E-state index in [1.54, 1.807) is 0 Å². The van der Waals surface area contributed by atoms with Crippen LogP contribution in [0.4, 0.5) is 0 Å². The molecule has 7 heteroatoms. The molecule has 27 heavy (non-hydrogen) atoms. The molecule has 0 aliphatic carbocycles. The van der Waals surface area contributed by atoms with Gasteiger partial charge in [-0.15, -0.1) is 35.3 Å². The number of likely N-dealkylation sites (tertiary alicyclic amines) is 1. The summed E-state index contributed by atoms with van der Waals surface area (Å²) >= 11 is 1.86. The molecule has 1 aliphatic heterocycles. The van der Waals surface area contributed by atoms with Crippen LogP contribution in [0.1, 0.15) is 38.0 Å². The molecule has 2 N–H and O–H groups in total. The first-order valence-corrected chi connectivity index (χ1v) is 10.8. The third kappa shape index (κ3) is 10.7. The molecule has 0 spiro atoms. The number of nitrogens with one attached hydrogen (secondary N) is 2. The molecule has 5 nitrogen and oxygen atoms in total. The first-order chi connectivity index (χ1) is 12.7. The number of hydrogen-bond acceptors (Lipinski definition) is 4. The smallest absolute Gasteiger partial charge is 0.191 e. The number of ether oxygens (including phenoxy) is 1. The van der Waals surface area contributed by atoms with Crippen molar-refractivity contribution < 1.29 is 4.74 Å². The lowest BCUT2D eigenvalue weighted by Gasteiger charge is -2.32. The Hall–Kier alpha value is -0.380. The van der Waals surface area contributed by atoms with Gasteiger partial charge in [-0.1, -0.05) is 19.9 Å². The number of halogens is 1. The van der Waals surface area contributed by atoms with Crippen LogP contribution in [-0.4, -0.2) is 57.3 Å². The van der Waals surface area contributed by atoms with E-state index in [1.807, 2.05) is 18.4 Å². The van der Waals surface area contributed by atoms with Crippen molar-refractivity contribution in [3.8, 4) is 0 Å². The second-order valence-corrected chi connectivity index (χ2v) is 8.53. The van der Waals surface area contributed by atoms with Gasteiger partial charge in [-0.05, 0) is 49.1 Å². The molecule has 1 atom stereocenters. The molecular weight excluding hydrogens is 471 g/mol. The van der Waals surface area contributed by atoms with Gasteiger partial charge in [0.15, 0.2) is 5.96 Å². The summed E-state index contributed by atoms with van der Waals surface area (Å²) in [6.07, 6.45) is 3.70. The largest absolute Gasteiger partial charge is 0.380 e. The highest BCUT2D eigenvalue weighted by Gasteiger charge is 2.20. The first-order valence-electron chi connectivity index (χ1n) is 9.94. The van der Waals surface area contributed by atoms with Crippen molar-refractivity contribution >= 4 is 41.3 Å². The highest BCUT2D eigenvalue weighted by Crippen LogP contribution is 2.19. The van der Waals surface area contributed by atoms with Gasteiger partial charge in [0.25, 0.3) is 0 Å². The number of guanidine groups is 1. The van der Waals surface area contributed by atoms with E-state index in [9.17, 15) is 0 Å². The number of nitrogens with zero attached hydrogens (tertiary/aromatic N) is 2. The average Bonchev–Trinajstić information content (AvgIpc) is 3.13. The molecule has 2 rings (SSSR count). The van der Waals surface area contributed by atoms with Crippen LogP contribution in [0.25, 0.3) is 0 Å². The Morgan fingerprint density at radius 1 is 1.37 bits per heavy atom. The van der Waals surface area contributed by atoms with Gasteiger partial charge < -0.3 is 15.4 Å². The van der Waals surface area contributed by atoms with Crippen LogP contribution < -0.4 is 10.6 Å². The topological polar surface area (TPSA) is 48.9 Å². The fourth-order valence-corrected chi connectivity index (χ4v) is 3.95. The third-order valence-electron chi connectivity index (χ3n) is 4.72. The summed E-state index contributed by atoms with van der Waals surface area (Å²) in [5.41, 5.74) is 0. The lowest BCUT2D eigenvalue weighted by molar-refractivity contribution is 0.128. The van der Waals surface area contributed by atoms with Gasteiger partial charge in [-0.25, -0.2) is 0 Å². The Morgan fingerprint density at radius 3 is 2.93 bits per heavy atom. The lowest BCUT2D eigenvalue weighted by Crippen LogP contribution is -2.44. The quantitative estimate of drug-likeness (QED) is 0.219. The molecule has 1 aromatic heterocycles. The van der Waals surface area contributed by atoms with E-state index >= 15 is 0 Å². The minimum absolute atomic E-state index is 0. The van der Waals surface area contributed by atoms with Crippen molar-refractivity contribution in [2.45, 2.75) is 39.7 Å². The Morgan fingerprint density at radius 2 is 2.22 bits per heavy atom. The van der Waals surface area contributed by atoms with Crippen molar-refractivity contribution in [2.75, 3.05) is 46.4 Å². The minimum Gasteiger partial charge on any atom is -0.380 e. The number of aliphatic imine (C=N–C) groups is 1. The van der Waals surface area contributed by atoms with E-state index in [0.717, 1.165) is 45.2 Å². The van der Waals surface area contributed by atoms with Crippen molar-refractivity contribution in [1.82, 2.24) is 15.5 Å². The molecule has 0 radical (unpaired) electrons. The third-order valence-corrected chi connectivity index (χ3v) is 5.58. The maximum absolute atomic E-state index is 5.65. The Labute approximate surface area is 186 Å².